The average Bonchev–Trinajstić information content (AvgIpc) is 2.59. The van der Waals surface area contributed by atoms with Gasteiger partial charge in [0, 0.05) is 5.02 Å². The van der Waals surface area contributed by atoms with Crippen molar-refractivity contribution in [1.29, 1.82) is 0 Å². The Morgan fingerprint density at radius 1 is 1.11 bits per heavy atom. The molecule has 1 saturated heterocycles. The van der Waals surface area contributed by atoms with Gasteiger partial charge in [-0.2, -0.15) is 0 Å². The largest absolute Gasteiger partial charge is 0.506 e. The molecule has 0 radical (unpaired) electrons. The van der Waals surface area contributed by atoms with Gasteiger partial charge in [0.1, 0.15) is 11.3 Å². The molecule has 4 amide bonds. The maximum Gasteiger partial charge on any atom is 0.335 e. The fourth-order valence-electron chi connectivity index (χ4n) is 2.53. The van der Waals surface area contributed by atoms with Gasteiger partial charge in [0.15, 0.2) is 0 Å². The van der Waals surface area contributed by atoms with Crippen LogP contribution in [0.25, 0.3) is 6.08 Å². The van der Waals surface area contributed by atoms with E-state index in [9.17, 15) is 19.5 Å². The lowest BCUT2D eigenvalue weighted by atomic mass is 10.1. The van der Waals surface area contributed by atoms with Gasteiger partial charge in [0.2, 0.25) is 0 Å². The van der Waals surface area contributed by atoms with Crippen LogP contribution in [0.4, 0.5) is 10.5 Å². The Hall–Kier alpha value is -2.16. The van der Waals surface area contributed by atoms with Gasteiger partial charge in [-0.25, -0.2) is 9.69 Å². The lowest BCUT2D eigenvalue weighted by Crippen LogP contribution is -2.54. The van der Waals surface area contributed by atoms with E-state index in [1.165, 1.54) is 12.1 Å². The molecular formula is C18H11Br2ClN2O4. The molecule has 3 rings (SSSR count). The zero-order valence-electron chi connectivity index (χ0n) is 13.7. The molecule has 1 aliphatic heterocycles. The number of hydrogen-bond acceptors (Lipinski definition) is 4. The number of nitrogens with zero attached hydrogens (tertiary/aromatic N) is 1. The minimum absolute atomic E-state index is 0.0112. The van der Waals surface area contributed by atoms with Crippen molar-refractivity contribution in [3.05, 3.63) is 61.0 Å². The molecular weight excluding hydrogens is 503 g/mol. The Balaban J connectivity index is 2.09. The quantitative estimate of drug-likeness (QED) is 0.455. The molecule has 0 aromatic heterocycles. The van der Waals surface area contributed by atoms with Crippen molar-refractivity contribution < 1.29 is 19.5 Å². The van der Waals surface area contributed by atoms with Crippen LogP contribution >= 0.6 is 43.5 Å². The van der Waals surface area contributed by atoms with Gasteiger partial charge in [-0.05, 0) is 80.3 Å². The van der Waals surface area contributed by atoms with E-state index in [-0.39, 0.29) is 17.0 Å². The number of amides is 4. The zero-order chi connectivity index (χ0) is 19.9. The number of phenolic OH excluding ortho intramolecular Hbond substituents is 1. The van der Waals surface area contributed by atoms with Crippen molar-refractivity contribution in [3.8, 4) is 5.75 Å². The Kier molecular flexibility index (Phi) is 5.41. The highest BCUT2D eigenvalue weighted by molar-refractivity contribution is 9.11. The van der Waals surface area contributed by atoms with Crippen molar-refractivity contribution in [2.24, 2.45) is 0 Å². The van der Waals surface area contributed by atoms with E-state index in [2.05, 4.69) is 37.2 Å². The predicted molar refractivity (Wildman–Crippen MR) is 109 cm³/mol. The van der Waals surface area contributed by atoms with Crippen LogP contribution in [0.15, 0.2) is 44.9 Å². The summed E-state index contributed by atoms with van der Waals surface area (Å²) in [5, 5.41) is 12.3. The van der Waals surface area contributed by atoms with Crippen LogP contribution in [0.2, 0.25) is 5.02 Å². The molecule has 0 atom stereocenters. The molecule has 2 N–H and O–H groups in total. The van der Waals surface area contributed by atoms with Gasteiger partial charge in [-0.3, -0.25) is 14.9 Å². The normalized spacial score (nSPS) is 16.1. The van der Waals surface area contributed by atoms with Gasteiger partial charge in [0.25, 0.3) is 11.8 Å². The van der Waals surface area contributed by atoms with Crippen LogP contribution in [0.1, 0.15) is 11.1 Å². The summed E-state index contributed by atoms with van der Waals surface area (Å²) >= 11 is 12.4. The minimum atomic E-state index is -0.847. The fourth-order valence-corrected chi connectivity index (χ4v) is 3.92. The number of carbonyl (C=O) groups excluding carboxylic acids is 3. The zero-order valence-corrected chi connectivity index (χ0v) is 17.6. The SMILES string of the molecule is Cc1ccc(Cl)cc1N1C(=O)NC(=O)/C(=C\c2cc(Br)c(O)c(Br)c2)C1=O. The molecule has 9 heteroatoms. The first-order chi connectivity index (χ1) is 12.7. The van der Waals surface area contributed by atoms with Crippen LogP contribution in [0.3, 0.4) is 0 Å². The molecule has 0 aliphatic carbocycles. The molecule has 2 aromatic rings. The molecule has 138 valence electrons. The van der Waals surface area contributed by atoms with Gasteiger partial charge >= 0.3 is 6.03 Å². The van der Waals surface area contributed by atoms with Crippen LogP contribution in [-0.4, -0.2) is 23.0 Å². The second-order valence-electron chi connectivity index (χ2n) is 5.72. The maximum atomic E-state index is 12.9. The standard InChI is InChI=1S/C18H11Br2ClN2O4/c1-8-2-3-10(21)7-14(8)23-17(26)11(16(25)22-18(23)27)4-9-5-12(19)15(24)13(20)6-9/h2-7,24H,1H3,(H,22,25,27)/b11-4+. The minimum Gasteiger partial charge on any atom is -0.506 e. The molecule has 0 unspecified atom stereocenters. The first-order valence-corrected chi connectivity index (χ1v) is 9.51. The summed E-state index contributed by atoms with van der Waals surface area (Å²) in [6, 6.07) is 7.03. The van der Waals surface area contributed by atoms with E-state index in [1.54, 1.807) is 31.2 Å². The van der Waals surface area contributed by atoms with E-state index < -0.39 is 17.8 Å². The highest BCUT2D eigenvalue weighted by Crippen LogP contribution is 2.34. The smallest absolute Gasteiger partial charge is 0.335 e. The lowest BCUT2D eigenvalue weighted by molar-refractivity contribution is -0.122. The van der Waals surface area contributed by atoms with Crippen LogP contribution in [0, 0.1) is 6.92 Å². The summed E-state index contributed by atoms with van der Waals surface area (Å²) in [5.74, 6) is -1.58. The summed E-state index contributed by atoms with van der Waals surface area (Å²) in [5.41, 5.74) is 1.18. The summed E-state index contributed by atoms with van der Waals surface area (Å²) in [6.45, 7) is 1.72. The Bertz CT molecular complexity index is 1010. The molecule has 1 aliphatic rings. The van der Waals surface area contributed by atoms with E-state index in [1.807, 2.05) is 0 Å². The number of urea groups is 1. The molecule has 6 nitrogen and oxygen atoms in total. The number of hydrogen-bond donors (Lipinski definition) is 2. The highest BCUT2D eigenvalue weighted by atomic mass is 79.9. The number of benzene rings is 2. The predicted octanol–water partition coefficient (Wildman–Crippen LogP) is 4.55. The van der Waals surface area contributed by atoms with Crippen molar-refractivity contribution in [2.75, 3.05) is 4.90 Å². The number of carbonyl (C=O) groups is 3. The molecule has 1 fully saturated rings. The van der Waals surface area contributed by atoms with Crippen molar-refractivity contribution in [2.45, 2.75) is 6.92 Å². The lowest BCUT2D eigenvalue weighted by Gasteiger charge is -2.27. The number of aromatic hydroxyl groups is 1. The summed E-state index contributed by atoms with van der Waals surface area (Å²) in [7, 11) is 0. The third kappa shape index (κ3) is 3.78. The van der Waals surface area contributed by atoms with Crippen LogP contribution in [-0.2, 0) is 9.59 Å². The number of barbiturate groups is 1. The first-order valence-electron chi connectivity index (χ1n) is 7.54. The van der Waals surface area contributed by atoms with E-state index >= 15 is 0 Å². The van der Waals surface area contributed by atoms with Crippen molar-refractivity contribution >= 4 is 73.1 Å². The second-order valence-corrected chi connectivity index (χ2v) is 7.87. The maximum absolute atomic E-state index is 12.9. The number of anilines is 1. The molecule has 0 spiro atoms. The summed E-state index contributed by atoms with van der Waals surface area (Å²) in [6.07, 6.45) is 1.34. The highest BCUT2D eigenvalue weighted by Gasteiger charge is 2.37. The first kappa shape index (κ1) is 19.6. The number of nitrogens with one attached hydrogen (secondary N) is 1. The van der Waals surface area contributed by atoms with E-state index in [0.29, 0.717) is 25.1 Å². The van der Waals surface area contributed by atoms with Gasteiger partial charge in [-0.15, -0.1) is 0 Å². The average molecular weight is 515 g/mol. The Morgan fingerprint density at radius 2 is 1.74 bits per heavy atom. The fraction of sp³-hybridized carbons (Fsp3) is 0.0556. The molecule has 1 heterocycles. The Morgan fingerprint density at radius 3 is 2.37 bits per heavy atom. The number of aryl methyl sites for hydroxylation is 1. The summed E-state index contributed by atoms with van der Waals surface area (Å²) < 4.78 is 0.761. The van der Waals surface area contributed by atoms with E-state index in [4.69, 9.17) is 11.6 Å². The number of rotatable bonds is 2. The number of halogens is 3. The Labute approximate surface area is 176 Å². The van der Waals surface area contributed by atoms with Gasteiger partial charge in [0.05, 0.1) is 14.6 Å². The second kappa shape index (κ2) is 7.46. The molecule has 0 bridgehead atoms. The monoisotopic (exact) mass is 512 g/mol. The van der Waals surface area contributed by atoms with Crippen LogP contribution < -0.4 is 10.2 Å². The number of imide groups is 2. The topological polar surface area (TPSA) is 86.7 Å². The van der Waals surface area contributed by atoms with Crippen molar-refractivity contribution in [1.82, 2.24) is 5.32 Å². The summed E-state index contributed by atoms with van der Waals surface area (Å²) in [4.78, 5) is 38.3. The molecule has 27 heavy (non-hydrogen) atoms. The molecule has 2 aromatic carbocycles. The van der Waals surface area contributed by atoms with Gasteiger partial charge < -0.3 is 5.11 Å². The third-order valence-corrected chi connectivity index (χ3v) is 5.31. The van der Waals surface area contributed by atoms with Gasteiger partial charge in [-0.1, -0.05) is 17.7 Å². The van der Waals surface area contributed by atoms with Crippen LogP contribution in [0.5, 0.6) is 5.75 Å². The van der Waals surface area contributed by atoms with E-state index in [0.717, 1.165) is 4.90 Å². The third-order valence-electron chi connectivity index (χ3n) is 3.86. The molecule has 0 saturated carbocycles. The number of phenols is 1. The van der Waals surface area contributed by atoms with Crippen molar-refractivity contribution in [3.63, 3.8) is 0 Å².